The summed E-state index contributed by atoms with van der Waals surface area (Å²) in [5.41, 5.74) is -0.808. The molecule has 0 saturated carbocycles. The number of carboxylic acid groups (broad SMARTS) is 1. The average molecular weight is 449 g/mol. The lowest BCUT2D eigenvalue weighted by molar-refractivity contribution is -0.146. The molecule has 1 aromatic heterocycles. The summed E-state index contributed by atoms with van der Waals surface area (Å²) < 4.78 is 4.63. The molecule has 0 aliphatic carbocycles. The molecule has 2 fully saturated rings. The monoisotopic (exact) mass is 449 g/mol. The fourth-order valence-electron chi connectivity index (χ4n) is 3.87. The molecule has 0 aromatic carbocycles. The number of ether oxygens (including phenoxy) is 1. The molecule has 4 amide bonds. The van der Waals surface area contributed by atoms with Gasteiger partial charge in [0, 0.05) is 25.8 Å². The molecular weight excluding hydrogens is 422 g/mol. The predicted molar refractivity (Wildman–Crippen MR) is 109 cm³/mol. The molecule has 32 heavy (non-hydrogen) atoms. The Bertz CT molecular complexity index is 853. The largest absolute Gasteiger partial charge is 0.483 e. The summed E-state index contributed by atoms with van der Waals surface area (Å²) in [5.74, 6) is -1.17. The van der Waals surface area contributed by atoms with Crippen LogP contribution in [-0.2, 0) is 19.1 Å². The zero-order chi connectivity index (χ0) is 23.9. The molecule has 2 aliphatic heterocycles. The van der Waals surface area contributed by atoms with Gasteiger partial charge in [0.2, 0.25) is 0 Å². The number of likely N-dealkylation sites (tertiary alicyclic amines) is 1. The average Bonchev–Trinajstić information content (AvgIpc) is 2.96. The molecule has 0 atom stereocenters. The first-order valence-corrected chi connectivity index (χ1v) is 10.1. The zero-order valence-corrected chi connectivity index (χ0v) is 18.3. The summed E-state index contributed by atoms with van der Waals surface area (Å²) in [6.07, 6.45) is 2.09. The van der Waals surface area contributed by atoms with Crippen LogP contribution >= 0.6 is 0 Å². The van der Waals surface area contributed by atoms with E-state index in [0.29, 0.717) is 32.5 Å². The first-order valence-electron chi connectivity index (χ1n) is 10.1. The Morgan fingerprint density at radius 1 is 1.28 bits per heavy atom. The summed E-state index contributed by atoms with van der Waals surface area (Å²) in [5, 5.41) is 14.5. The van der Waals surface area contributed by atoms with Gasteiger partial charge in [-0.25, -0.2) is 4.79 Å². The number of piperidine rings is 1. The van der Waals surface area contributed by atoms with Crippen molar-refractivity contribution in [1.29, 1.82) is 0 Å². The van der Waals surface area contributed by atoms with E-state index in [2.05, 4.69) is 14.9 Å². The van der Waals surface area contributed by atoms with Gasteiger partial charge in [-0.1, -0.05) is 13.8 Å². The first-order chi connectivity index (χ1) is 15.2. The normalized spacial score (nSPS) is 17.3. The van der Waals surface area contributed by atoms with E-state index in [1.165, 1.54) is 13.3 Å². The lowest BCUT2D eigenvalue weighted by atomic mass is 9.85. The van der Waals surface area contributed by atoms with Gasteiger partial charge in [0.05, 0.1) is 7.11 Å². The number of methoxy groups -OCH3 is 1. The van der Waals surface area contributed by atoms with E-state index in [1.54, 1.807) is 21.9 Å². The molecule has 0 unspecified atom stereocenters. The number of rotatable bonds is 5. The van der Waals surface area contributed by atoms with Crippen LogP contribution in [0.1, 0.15) is 37.2 Å². The number of amides is 4. The van der Waals surface area contributed by atoms with Crippen molar-refractivity contribution in [2.24, 2.45) is 5.92 Å². The number of nitrogens with zero attached hydrogens (tertiary/aromatic N) is 5. The second-order valence-electron chi connectivity index (χ2n) is 7.79. The van der Waals surface area contributed by atoms with Crippen molar-refractivity contribution < 1.29 is 33.8 Å². The van der Waals surface area contributed by atoms with Crippen LogP contribution in [0.25, 0.3) is 0 Å². The molecule has 2 aliphatic rings. The van der Waals surface area contributed by atoms with Gasteiger partial charge in [0.1, 0.15) is 12.1 Å². The minimum Gasteiger partial charge on any atom is -0.483 e. The van der Waals surface area contributed by atoms with Crippen LogP contribution < -0.4 is 0 Å². The third-order valence-corrected chi connectivity index (χ3v) is 5.35. The maximum absolute atomic E-state index is 13.2. The highest BCUT2D eigenvalue weighted by molar-refractivity contribution is 6.09. The number of urea groups is 1. The molecule has 174 valence electrons. The predicted octanol–water partition coefficient (Wildman–Crippen LogP) is 0.245. The molecule has 2 saturated heterocycles. The SMILES string of the molecule is COC(=O)CN1C(=O)N(CC(C)C)C2(CCN(C(=O)c3cccnn3)CC2)C1=O.O=CO. The fraction of sp³-hybridized carbons (Fsp3) is 0.550. The highest BCUT2D eigenvalue weighted by atomic mass is 16.5. The summed E-state index contributed by atoms with van der Waals surface area (Å²) in [6.45, 7) is 4.25. The number of carbonyl (C=O) groups is 5. The standard InChI is InChI=1S/C19H25N5O5.CH2O2/c1-13(2)11-24-18(28)23(12-15(25)29-3)17(27)19(24)6-9-22(10-7-19)16(26)14-5-4-8-20-21-14;2-1-3/h4-5,8,13H,6-7,9-12H2,1-3H3;1H,(H,2,3). The molecule has 0 radical (unpaired) electrons. The molecular formula is C20H27N5O7. The van der Waals surface area contributed by atoms with E-state index < -0.39 is 30.0 Å². The maximum atomic E-state index is 13.2. The fourth-order valence-corrected chi connectivity index (χ4v) is 3.87. The molecule has 0 bridgehead atoms. The molecule has 1 aromatic rings. The van der Waals surface area contributed by atoms with Crippen LogP contribution in [-0.4, -0.2) is 99.1 Å². The third-order valence-electron chi connectivity index (χ3n) is 5.35. The highest BCUT2D eigenvalue weighted by Gasteiger charge is 2.58. The van der Waals surface area contributed by atoms with E-state index in [4.69, 9.17) is 9.90 Å². The van der Waals surface area contributed by atoms with Gasteiger partial charge >= 0.3 is 12.0 Å². The second-order valence-corrected chi connectivity index (χ2v) is 7.79. The van der Waals surface area contributed by atoms with E-state index >= 15 is 0 Å². The summed E-state index contributed by atoms with van der Waals surface area (Å²) >= 11 is 0. The van der Waals surface area contributed by atoms with Crippen molar-refractivity contribution in [2.45, 2.75) is 32.2 Å². The molecule has 1 spiro atoms. The minimum atomic E-state index is -1.05. The molecule has 1 N–H and O–H groups in total. The maximum Gasteiger partial charge on any atom is 0.328 e. The summed E-state index contributed by atoms with van der Waals surface area (Å²) in [7, 11) is 1.21. The topological polar surface area (TPSA) is 150 Å². The van der Waals surface area contributed by atoms with Crippen molar-refractivity contribution in [2.75, 3.05) is 33.3 Å². The van der Waals surface area contributed by atoms with E-state index in [1.807, 2.05) is 13.8 Å². The smallest absolute Gasteiger partial charge is 0.328 e. The van der Waals surface area contributed by atoms with Crippen LogP contribution in [0.2, 0.25) is 0 Å². The quantitative estimate of drug-likeness (QED) is 0.379. The Morgan fingerprint density at radius 2 is 1.91 bits per heavy atom. The van der Waals surface area contributed by atoms with Gasteiger partial charge in [-0.15, -0.1) is 5.10 Å². The Morgan fingerprint density at radius 3 is 2.41 bits per heavy atom. The van der Waals surface area contributed by atoms with Crippen LogP contribution in [0.3, 0.4) is 0 Å². The van der Waals surface area contributed by atoms with Crippen molar-refractivity contribution in [3.8, 4) is 0 Å². The molecule has 12 nitrogen and oxygen atoms in total. The van der Waals surface area contributed by atoms with Gasteiger partial charge < -0.3 is 19.6 Å². The number of carbonyl (C=O) groups excluding carboxylic acids is 4. The van der Waals surface area contributed by atoms with Gasteiger partial charge in [-0.05, 0) is 30.9 Å². The highest BCUT2D eigenvalue weighted by Crippen LogP contribution is 2.38. The number of imide groups is 1. The Labute approximate surface area is 185 Å². The number of hydrogen-bond donors (Lipinski definition) is 1. The second kappa shape index (κ2) is 10.6. The Balaban J connectivity index is 0.00000114. The number of hydrogen-bond acceptors (Lipinski definition) is 8. The zero-order valence-electron chi connectivity index (χ0n) is 18.3. The van der Waals surface area contributed by atoms with E-state index in [9.17, 15) is 19.2 Å². The minimum absolute atomic E-state index is 0.140. The summed E-state index contributed by atoms with van der Waals surface area (Å²) in [6, 6.07) is 2.75. The molecule has 3 rings (SSSR count). The summed E-state index contributed by atoms with van der Waals surface area (Å²) in [4.78, 5) is 63.0. The van der Waals surface area contributed by atoms with Crippen molar-refractivity contribution in [3.63, 3.8) is 0 Å². The number of esters is 1. The van der Waals surface area contributed by atoms with Crippen LogP contribution in [0, 0.1) is 5.92 Å². The van der Waals surface area contributed by atoms with Crippen LogP contribution in [0.15, 0.2) is 18.3 Å². The van der Waals surface area contributed by atoms with Gasteiger partial charge in [-0.3, -0.25) is 24.1 Å². The molecule has 3 heterocycles. The van der Waals surface area contributed by atoms with Gasteiger partial charge in [-0.2, -0.15) is 5.10 Å². The van der Waals surface area contributed by atoms with Gasteiger partial charge in [0.25, 0.3) is 18.3 Å². The third kappa shape index (κ3) is 5.01. The number of aromatic nitrogens is 2. The Kier molecular flexibility index (Phi) is 8.21. The van der Waals surface area contributed by atoms with E-state index in [0.717, 1.165) is 4.90 Å². The lowest BCUT2D eigenvalue weighted by Crippen LogP contribution is -2.58. The van der Waals surface area contributed by atoms with Crippen molar-refractivity contribution in [1.82, 2.24) is 24.9 Å². The van der Waals surface area contributed by atoms with Crippen LogP contribution in [0.4, 0.5) is 4.79 Å². The Hall–Kier alpha value is -3.57. The van der Waals surface area contributed by atoms with E-state index in [-0.39, 0.29) is 24.0 Å². The van der Waals surface area contributed by atoms with Crippen molar-refractivity contribution >= 4 is 30.3 Å². The first kappa shape index (κ1) is 24.7. The van der Waals surface area contributed by atoms with Crippen molar-refractivity contribution in [3.05, 3.63) is 24.0 Å². The van der Waals surface area contributed by atoms with Gasteiger partial charge in [0.15, 0.2) is 5.69 Å². The molecule has 12 heteroatoms. The lowest BCUT2D eigenvalue weighted by Gasteiger charge is -2.42. The van der Waals surface area contributed by atoms with Crippen LogP contribution in [0.5, 0.6) is 0 Å².